The molecule has 3 N–H and O–H groups in total. The van der Waals surface area contributed by atoms with Gasteiger partial charge >= 0.3 is 11.8 Å². The van der Waals surface area contributed by atoms with Gasteiger partial charge in [-0.1, -0.05) is 52.7 Å². The maximum absolute atomic E-state index is 13.1. The van der Waals surface area contributed by atoms with Gasteiger partial charge in [-0.3, -0.25) is 19.8 Å². The summed E-state index contributed by atoms with van der Waals surface area (Å²) in [6.45, 7) is 1.96. The van der Waals surface area contributed by atoms with Gasteiger partial charge in [-0.05, 0) is 66.6 Å². The molecule has 7 nitrogen and oxygen atoms in total. The predicted molar refractivity (Wildman–Crippen MR) is 138 cm³/mol. The highest BCUT2D eigenvalue weighted by Gasteiger charge is 2.21. The Hall–Kier alpha value is -3.62. The van der Waals surface area contributed by atoms with Crippen LogP contribution in [-0.2, 0) is 16.0 Å². The zero-order valence-electron chi connectivity index (χ0n) is 18.1. The number of hydrogen-bond donors (Lipinski definition) is 3. The number of amides is 3. The molecule has 0 fully saturated rings. The first-order chi connectivity index (χ1) is 16.4. The molecule has 0 aliphatic rings. The number of nitrogens with zero attached hydrogens (tertiary/aromatic N) is 1. The SMILES string of the molecule is CCc1ccccc1NC(=O)C(=O)Nn1c(C(=O)Nc2ccc(Cl)cc2)cc2cc(Br)ccc21. The number of carbonyl (C=O) groups is 3. The van der Waals surface area contributed by atoms with Crippen molar-refractivity contribution in [2.75, 3.05) is 16.1 Å². The number of hydrogen-bond acceptors (Lipinski definition) is 3. The van der Waals surface area contributed by atoms with Crippen LogP contribution in [0.3, 0.4) is 0 Å². The van der Waals surface area contributed by atoms with Gasteiger partial charge in [-0.2, -0.15) is 0 Å². The molecule has 0 unspecified atom stereocenters. The number of fused-ring (bicyclic) bond motifs is 1. The van der Waals surface area contributed by atoms with Crippen molar-refractivity contribution in [2.24, 2.45) is 0 Å². The van der Waals surface area contributed by atoms with Crippen LogP contribution in [0.15, 0.2) is 77.3 Å². The van der Waals surface area contributed by atoms with Gasteiger partial charge in [0.05, 0.1) is 5.52 Å². The molecule has 1 aromatic heterocycles. The second kappa shape index (κ2) is 10.1. The zero-order chi connectivity index (χ0) is 24.2. The summed E-state index contributed by atoms with van der Waals surface area (Å²) >= 11 is 9.33. The Bertz CT molecular complexity index is 1400. The fraction of sp³-hybridized carbons (Fsp3) is 0.0800. The van der Waals surface area contributed by atoms with E-state index in [1.54, 1.807) is 54.6 Å². The van der Waals surface area contributed by atoms with Crippen LogP contribution in [0.1, 0.15) is 23.0 Å². The van der Waals surface area contributed by atoms with Gasteiger partial charge in [0.1, 0.15) is 5.69 Å². The van der Waals surface area contributed by atoms with E-state index in [1.807, 2.05) is 25.1 Å². The largest absolute Gasteiger partial charge is 0.328 e. The summed E-state index contributed by atoms with van der Waals surface area (Å²) in [5.41, 5.74) is 5.26. The molecule has 4 aromatic rings. The Labute approximate surface area is 209 Å². The van der Waals surface area contributed by atoms with Crippen molar-refractivity contribution >= 4 is 67.5 Å². The van der Waals surface area contributed by atoms with Crippen molar-refractivity contribution in [3.63, 3.8) is 0 Å². The van der Waals surface area contributed by atoms with E-state index in [4.69, 9.17) is 11.6 Å². The number of halogens is 2. The van der Waals surface area contributed by atoms with Crippen LogP contribution < -0.4 is 16.1 Å². The van der Waals surface area contributed by atoms with Crippen LogP contribution in [0.2, 0.25) is 5.02 Å². The van der Waals surface area contributed by atoms with Crippen LogP contribution in [0.25, 0.3) is 10.9 Å². The lowest BCUT2D eigenvalue weighted by Gasteiger charge is -2.13. The second-order valence-corrected chi connectivity index (χ2v) is 8.79. The lowest BCUT2D eigenvalue weighted by atomic mass is 10.1. The van der Waals surface area contributed by atoms with Gasteiger partial charge < -0.3 is 10.6 Å². The molecule has 172 valence electrons. The first-order valence-corrected chi connectivity index (χ1v) is 11.6. The number of benzene rings is 3. The van der Waals surface area contributed by atoms with Crippen molar-refractivity contribution in [1.29, 1.82) is 0 Å². The number of anilines is 2. The number of aromatic nitrogens is 1. The molecule has 0 radical (unpaired) electrons. The van der Waals surface area contributed by atoms with E-state index in [-0.39, 0.29) is 5.69 Å². The van der Waals surface area contributed by atoms with Crippen molar-refractivity contribution < 1.29 is 14.4 Å². The van der Waals surface area contributed by atoms with Gasteiger partial charge in [0.2, 0.25) is 0 Å². The summed E-state index contributed by atoms with van der Waals surface area (Å²) in [6, 6.07) is 20.9. The molecule has 34 heavy (non-hydrogen) atoms. The summed E-state index contributed by atoms with van der Waals surface area (Å²) in [5, 5.41) is 6.66. The quantitative estimate of drug-likeness (QED) is 0.289. The van der Waals surface area contributed by atoms with Crippen molar-refractivity contribution in [3.8, 4) is 0 Å². The third-order valence-electron chi connectivity index (χ3n) is 5.16. The van der Waals surface area contributed by atoms with E-state index in [0.29, 0.717) is 33.7 Å². The minimum atomic E-state index is -0.910. The number of rotatable bonds is 5. The lowest BCUT2D eigenvalue weighted by molar-refractivity contribution is -0.133. The molecule has 4 rings (SSSR count). The fourth-order valence-electron chi connectivity index (χ4n) is 3.48. The van der Waals surface area contributed by atoms with E-state index in [9.17, 15) is 14.4 Å². The van der Waals surface area contributed by atoms with E-state index in [2.05, 4.69) is 32.0 Å². The monoisotopic (exact) mass is 538 g/mol. The molecule has 0 bridgehead atoms. The fourth-order valence-corrected chi connectivity index (χ4v) is 3.99. The van der Waals surface area contributed by atoms with Gasteiger partial charge in [-0.25, -0.2) is 4.68 Å². The van der Waals surface area contributed by atoms with E-state index < -0.39 is 17.7 Å². The Morgan fingerprint density at radius 3 is 2.38 bits per heavy atom. The topological polar surface area (TPSA) is 92.2 Å². The molecular weight excluding hydrogens is 520 g/mol. The molecule has 9 heteroatoms. The molecular formula is C25H20BrClN4O3. The van der Waals surface area contributed by atoms with Gasteiger partial charge in [0.25, 0.3) is 5.91 Å². The third-order valence-corrected chi connectivity index (χ3v) is 5.91. The average molecular weight is 540 g/mol. The van der Waals surface area contributed by atoms with Gasteiger partial charge in [0.15, 0.2) is 0 Å². The molecule has 0 saturated carbocycles. The minimum Gasteiger partial charge on any atom is -0.321 e. The molecule has 0 saturated heterocycles. The van der Waals surface area contributed by atoms with Crippen LogP contribution in [0.5, 0.6) is 0 Å². The molecule has 0 spiro atoms. The summed E-state index contributed by atoms with van der Waals surface area (Å²) in [4.78, 5) is 38.5. The van der Waals surface area contributed by atoms with Crippen LogP contribution in [0, 0.1) is 0 Å². The van der Waals surface area contributed by atoms with Crippen LogP contribution in [0.4, 0.5) is 11.4 Å². The summed E-state index contributed by atoms with van der Waals surface area (Å²) in [7, 11) is 0. The van der Waals surface area contributed by atoms with Crippen LogP contribution in [-0.4, -0.2) is 22.4 Å². The maximum atomic E-state index is 13.1. The third kappa shape index (κ3) is 5.13. The Morgan fingerprint density at radius 2 is 1.65 bits per heavy atom. The first-order valence-electron chi connectivity index (χ1n) is 10.4. The highest BCUT2D eigenvalue weighted by molar-refractivity contribution is 9.10. The van der Waals surface area contributed by atoms with E-state index in [1.165, 1.54) is 4.68 Å². The second-order valence-electron chi connectivity index (χ2n) is 7.43. The number of para-hydroxylation sites is 1. The summed E-state index contributed by atoms with van der Waals surface area (Å²) < 4.78 is 2.11. The highest BCUT2D eigenvalue weighted by Crippen LogP contribution is 2.24. The van der Waals surface area contributed by atoms with Gasteiger partial charge in [-0.15, -0.1) is 0 Å². The average Bonchev–Trinajstić information content (AvgIpc) is 3.18. The zero-order valence-corrected chi connectivity index (χ0v) is 20.4. The Kier molecular flexibility index (Phi) is 7.00. The molecule has 0 aliphatic carbocycles. The summed E-state index contributed by atoms with van der Waals surface area (Å²) in [6.07, 6.45) is 0.699. The predicted octanol–water partition coefficient (Wildman–Crippen LogP) is 5.58. The standard InChI is InChI=1S/C25H20BrClN4O3/c1-2-15-5-3-4-6-20(15)29-24(33)25(34)30-31-21-12-7-17(26)13-16(21)14-22(31)23(32)28-19-10-8-18(27)9-11-19/h3-14H,2H2,1H3,(H,28,32)(H,29,33)(H,30,34). The maximum Gasteiger partial charge on any atom is 0.328 e. The number of aryl methyl sites for hydroxylation is 1. The Balaban J connectivity index is 1.62. The van der Waals surface area contributed by atoms with Gasteiger partial charge in [0, 0.05) is 26.3 Å². The van der Waals surface area contributed by atoms with Crippen molar-refractivity contribution in [2.45, 2.75) is 13.3 Å². The summed E-state index contributed by atoms with van der Waals surface area (Å²) in [5.74, 6) is -2.22. The van der Waals surface area contributed by atoms with Crippen LogP contribution >= 0.6 is 27.5 Å². The molecule has 0 atom stereocenters. The van der Waals surface area contributed by atoms with Crippen molar-refractivity contribution in [3.05, 3.63) is 93.5 Å². The molecule has 0 aliphatic heterocycles. The normalized spacial score (nSPS) is 10.7. The molecule has 3 aromatic carbocycles. The number of carbonyl (C=O) groups excluding carboxylic acids is 3. The van der Waals surface area contributed by atoms with E-state index >= 15 is 0 Å². The van der Waals surface area contributed by atoms with Crippen molar-refractivity contribution in [1.82, 2.24) is 4.68 Å². The lowest BCUT2D eigenvalue weighted by Crippen LogP contribution is -2.36. The molecule has 3 amide bonds. The molecule has 1 heterocycles. The Morgan fingerprint density at radius 1 is 0.912 bits per heavy atom. The smallest absolute Gasteiger partial charge is 0.321 e. The first kappa shape index (κ1) is 23.5. The highest BCUT2D eigenvalue weighted by atomic mass is 79.9. The van der Waals surface area contributed by atoms with E-state index in [0.717, 1.165) is 10.0 Å². The number of nitrogens with one attached hydrogen (secondary N) is 3. The minimum absolute atomic E-state index is 0.151.